The molecule has 2 saturated carbocycles. The third kappa shape index (κ3) is 2.19. The van der Waals surface area contributed by atoms with Crippen molar-refractivity contribution in [3.05, 3.63) is 18.0 Å². The molecule has 3 rings (SSSR count). The Morgan fingerprint density at radius 1 is 1.52 bits per heavy atom. The standard InChI is InChI=1S/C16H24N4O/c1-11-8-17-20(9-11)10-14(21)19-18-13-7-12-5-6-16(13,4)15(12,2)3/h8-9,12H,5-7,10H2,1-4H3,(H,19,21). The Balaban J connectivity index is 1.66. The summed E-state index contributed by atoms with van der Waals surface area (Å²) in [5.74, 6) is 0.585. The van der Waals surface area contributed by atoms with Crippen molar-refractivity contribution in [2.75, 3.05) is 0 Å². The number of rotatable bonds is 3. The molecule has 1 amide bonds. The van der Waals surface area contributed by atoms with Gasteiger partial charge in [-0.2, -0.15) is 10.2 Å². The first-order valence-electron chi connectivity index (χ1n) is 7.68. The van der Waals surface area contributed by atoms with Crippen LogP contribution < -0.4 is 5.43 Å². The maximum atomic E-state index is 12.0. The monoisotopic (exact) mass is 288 g/mol. The third-order valence-corrected chi connectivity index (χ3v) is 5.90. The van der Waals surface area contributed by atoms with E-state index in [-0.39, 0.29) is 23.3 Å². The lowest BCUT2D eigenvalue weighted by molar-refractivity contribution is -0.121. The second-order valence-electron chi connectivity index (χ2n) is 7.30. The van der Waals surface area contributed by atoms with Crippen LogP contribution >= 0.6 is 0 Å². The lowest BCUT2D eigenvalue weighted by Gasteiger charge is -2.34. The number of carbonyl (C=O) groups excluding carboxylic acids is 1. The average Bonchev–Trinajstić information content (AvgIpc) is 2.96. The lowest BCUT2D eigenvalue weighted by Crippen LogP contribution is -2.34. The fourth-order valence-corrected chi connectivity index (χ4v) is 3.96. The Bertz CT molecular complexity index is 601. The van der Waals surface area contributed by atoms with E-state index in [4.69, 9.17) is 0 Å². The molecule has 2 fully saturated rings. The second kappa shape index (κ2) is 4.68. The van der Waals surface area contributed by atoms with Gasteiger partial charge >= 0.3 is 0 Å². The van der Waals surface area contributed by atoms with Gasteiger partial charge < -0.3 is 0 Å². The molecule has 0 radical (unpaired) electrons. The van der Waals surface area contributed by atoms with Crippen LogP contribution in [-0.4, -0.2) is 21.4 Å². The molecule has 1 aromatic heterocycles. The van der Waals surface area contributed by atoms with Gasteiger partial charge in [-0.15, -0.1) is 0 Å². The Hall–Kier alpha value is -1.65. The smallest absolute Gasteiger partial charge is 0.261 e. The summed E-state index contributed by atoms with van der Waals surface area (Å²) in [7, 11) is 0. The van der Waals surface area contributed by atoms with Gasteiger partial charge in [0.1, 0.15) is 6.54 Å². The van der Waals surface area contributed by atoms with E-state index in [1.165, 1.54) is 12.8 Å². The molecule has 114 valence electrons. The number of aromatic nitrogens is 2. The molecule has 1 heterocycles. The van der Waals surface area contributed by atoms with E-state index in [1.807, 2.05) is 13.1 Å². The predicted molar refractivity (Wildman–Crippen MR) is 81.8 cm³/mol. The molecule has 5 heteroatoms. The molecule has 2 unspecified atom stereocenters. The molecule has 2 atom stereocenters. The predicted octanol–water partition coefficient (Wildman–Crippen LogP) is 2.51. The van der Waals surface area contributed by atoms with Gasteiger partial charge in [-0.25, -0.2) is 5.43 Å². The molecular weight excluding hydrogens is 264 g/mol. The number of hydrogen-bond donors (Lipinski definition) is 1. The van der Waals surface area contributed by atoms with Crippen molar-refractivity contribution in [3.63, 3.8) is 0 Å². The van der Waals surface area contributed by atoms with Gasteiger partial charge in [0, 0.05) is 17.3 Å². The van der Waals surface area contributed by atoms with Gasteiger partial charge in [-0.3, -0.25) is 9.48 Å². The zero-order valence-electron chi connectivity index (χ0n) is 13.3. The van der Waals surface area contributed by atoms with Gasteiger partial charge in [0.15, 0.2) is 0 Å². The number of nitrogens with one attached hydrogen (secondary N) is 1. The van der Waals surface area contributed by atoms with E-state index in [9.17, 15) is 4.79 Å². The van der Waals surface area contributed by atoms with Crippen molar-refractivity contribution >= 4 is 11.6 Å². The molecule has 0 saturated heterocycles. The first-order chi connectivity index (χ1) is 9.83. The first-order valence-corrected chi connectivity index (χ1v) is 7.68. The summed E-state index contributed by atoms with van der Waals surface area (Å²) >= 11 is 0. The molecule has 0 aliphatic heterocycles. The Kier molecular flexibility index (Phi) is 3.19. The Labute approximate surface area is 125 Å². The van der Waals surface area contributed by atoms with Crippen molar-refractivity contribution in [1.82, 2.24) is 15.2 Å². The highest BCUT2D eigenvalue weighted by Gasteiger charge is 2.59. The van der Waals surface area contributed by atoms with Crippen molar-refractivity contribution < 1.29 is 4.79 Å². The van der Waals surface area contributed by atoms with E-state index in [2.05, 4.69) is 36.4 Å². The number of hydrazone groups is 1. The van der Waals surface area contributed by atoms with Gasteiger partial charge in [-0.1, -0.05) is 20.8 Å². The van der Waals surface area contributed by atoms with E-state index >= 15 is 0 Å². The van der Waals surface area contributed by atoms with E-state index in [1.54, 1.807) is 10.9 Å². The summed E-state index contributed by atoms with van der Waals surface area (Å²) in [5, 5.41) is 8.57. The molecule has 5 nitrogen and oxygen atoms in total. The van der Waals surface area contributed by atoms with Gasteiger partial charge in [0.25, 0.3) is 5.91 Å². The molecule has 1 N–H and O–H groups in total. The highest BCUT2D eigenvalue weighted by atomic mass is 16.2. The topological polar surface area (TPSA) is 59.3 Å². The zero-order valence-corrected chi connectivity index (χ0v) is 13.3. The lowest BCUT2D eigenvalue weighted by atomic mass is 9.70. The Morgan fingerprint density at radius 2 is 2.29 bits per heavy atom. The first kappa shape index (κ1) is 14.3. The fraction of sp³-hybridized carbons (Fsp3) is 0.688. The highest BCUT2D eigenvalue weighted by molar-refractivity contribution is 5.95. The van der Waals surface area contributed by atoms with Crippen molar-refractivity contribution in [2.45, 2.75) is 53.5 Å². The van der Waals surface area contributed by atoms with Crippen molar-refractivity contribution in [2.24, 2.45) is 21.8 Å². The minimum absolute atomic E-state index is 0.116. The molecule has 1 aromatic rings. The molecule has 21 heavy (non-hydrogen) atoms. The SMILES string of the molecule is Cc1cnn(CC(=O)NN=C2CC3CCC2(C)C3(C)C)c1. The molecule has 2 aliphatic rings. The van der Waals surface area contributed by atoms with Gasteiger partial charge in [0.05, 0.1) is 6.20 Å². The molecule has 2 bridgehead atoms. The maximum absolute atomic E-state index is 12.0. The van der Waals surface area contributed by atoms with Crippen LogP contribution in [0.3, 0.4) is 0 Å². The van der Waals surface area contributed by atoms with Gasteiger partial charge in [-0.05, 0) is 43.1 Å². The van der Waals surface area contributed by atoms with Crippen LogP contribution in [0.2, 0.25) is 0 Å². The molecular formula is C16H24N4O. The maximum Gasteiger partial charge on any atom is 0.261 e. The number of carbonyl (C=O) groups is 1. The van der Waals surface area contributed by atoms with Gasteiger partial charge in [0.2, 0.25) is 0 Å². The molecule has 0 aromatic carbocycles. The summed E-state index contributed by atoms with van der Waals surface area (Å²) in [5.41, 5.74) is 5.35. The largest absolute Gasteiger partial charge is 0.271 e. The number of hydrogen-bond acceptors (Lipinski definition) is 3. The highest BCUT2D eigenvalue weighted by Crippen LogP contribution is 2.63. The summed E-state index contributed by atoms with van der Waals surface area (Å²) in [4.78, 5) is 12.0. The zero-order chi connectivity index (χ0) is 15.3. The summed E-state index contributed by atoms with van der Waals surface area (Å²) in [6.45, 7) is 9.14. The molecule has 2 aliphatic carbocycles. The number of fused-ring (bicyclic) bond motifs is 2. The average molecular weight is 288 g/mol. The number of aryl methyl sites for hydroxylation is 1. The quantitative estimate of drug-likeness (QED) is 0.869. The number of amides is 1. The van der Waals surface area contributed by atoms with Crippen LogP contribution in [0.5, 0.6) is 0 Å². The van der Waals surface area contributed by atoms with Crippen LogP contribution in [0.15, 0.2) is 17.5 Å². The van der Waals surface area contributed by atoms with Crippen LogP contribution in [0.25, 0.3) is 0 Å². The summed E-state index contributed by atoms with van der Waals surface area (Å²) in [6.07, 6.45) is 7.08. The fourth-order valence-electron chi connectivity index (χ4n) is 3.96. The van der Waals surface area contributed by atoms with Crippen LogP contribution in [0, 0.1) is 23.7 Å². The number of nitrogens with zero attached hydrogens (tertiary/aromatic N) is 3. The minimum Gasteiger partial charge on any atom is -0.271 e. The van der Waals surface area contributed by atoms with Crippen LogP contribution in [0.1, 0.15) is 45.6 Å². The third-order valence-electron chi connectivity index (χ3n) is 5.90. The van der Waals surface area contributed by atoms with Crippen molar-refractivity contribution in [1.29, 1.82) is 0 Å². The van der Waals surface area contributed by atoms with Crippen LogP contribution in [-0.2, 0) is 11.3 Å². The van der Waals surface area contributed by atoms with E-state index < -0.39 is 0 Å². The normalized spacial score (nSPS) is 31.8. The van der Waals surface area contributed by atoms with E-state index in [0.29, 0.717) is 5.92 Å². The Morgan fingerprint density at radius 3 is 2.81 bits per heavy atom. The van der Waals surface area contributed by atoms with Crippen molar-refractivity contribution in [3.8, 4) is 0 Å². The van der Waals surface area contributed by atoms with Crippen LogP contribution in [0.4, 0.5) is 0 Å². The molecule has 0 spiro atoms. The second-order valence-corrected chi connectivity index (χ2v) is 7.30. The summed E-state index contributed by atoms with van der Waals surface area (Å²) < 4.78 is 1.64. The van der Waals surface area contributed by atoms with E-state index in [0.717, 1.165) is 17.7 Å². The summed E-state index contributed by atoms with van der Waals surface area (Å²) in [6, 6.07) is 0. The minimum atomic E-state index is -0.116.